The molecule has 1 N–H and O–H groups in total. The molecule has 18 heavy (non-hydrogen) atoms. The van der Waals surface area contributed by atoms with Crippen molar-refractivity contribution in [2.75, 3.05) is 13.1 Å². The van der Waals surface area contributed by atoms with Crippen molar-refractivity contribution < 1.29 is 0 Å². The summed E-state index contributed by atoms with van der Waals surface area (Å²) in [5.74, 6) is 0.718. The number of aromatic nitrogens is 1. The van der Waals surface area contributed by atoms with Gasteiger partial charge in [-0.05, 0) is 38.1 Å². The van der Waals surface area contributed by atoms with E-state index in [1.807, 2.05) is 11.3 Å². The lowest BCUT2D eigenvalue weighted by Crippen LogP contribution is -2.35. The van der Waals surface area contributed by atoms with Gasteiger partial charge in [0.25, 0.3) is 0 Å². The molecule has 0 fully saturated rings. The lowest BCUT2D eigenvalue weighted by molar-refractivity contribution is 0.285. The third-order valence-corrected chi connectivity index (χ3v) is 4.68. The van der Waals surface area contributed by atoms with Gasteiger partial charge >= 0.3 is 0 Å². The Morgan fingerprint density at radius 2 is 2.00 bits per heavy atom. The molecule has 0 aliphatic rings. The Morgan fingerprint density at radius 3 is 2.44 bits per heavy atom. The first-order valence-corrected chi connectivity index (χ1v) is 7.81. The highest BCUT2D eigenvalue weighted by Crippen LogP contribution is 2.29. The van der Waals surface area contributed by atoms with Crippen molar-refractivity contribution in [3.63, 3.8) is 0 Å². The van der Waals surface area contributed by atoms with E-state index < -0.39 is 0 Å². The van der Waals surface area contributed by atoms with Crippen LogP contribution in [0.4, 0.5) is 0 Å². The Labute approximate surface area is 116 Å². The van der Waals surface area contributed by atoms with Crippen molar-refractivity contribution in [3.8, 4) is 0 Å². The molecule has 104 valence electrons. The van der Waals surface area contributed by atoms with Crippen LogP contribution >= 0.6 is 11.3 Å². The molecule has 1 aromatic heterocycles. The highest BCUT2D eigenvalue weighted by molar-refractivity contribution is 7.11. The summed E-state index contributed by atoms with van der Waals surface area (Å²) < 4.78 is 0. The van der Waals surface area contributed by atoms with Crippen LogP contribution < -0.4 is 5.32 Å². The molecule has 1 aromatic rings. The Morgan fingerprint density at radius 1 is 1.33 bits per heavy atom. The van der Waals surface area contributed by atoms with Gasteiger partial charge in [0.05, 0.1) is 10.7 Å². The van der Waals surface area contributed by atoms with Gasteiger partial charge in [0.15, 0.2) is 0 Å². The zero-order valence-corrected chi connectivity index (χ0v) is 13.6. The molecule has 1 rings (SSSR count). The third kappa shape index (κ3) is 4.69. The molecule has 0 radical (unpaired) electrons. The van der Waals surface area contributed by atoms with Crippen molar-refractivity contribution in [2.45, 2.75) is 54.4 Å². The Kier molecular flexibility index (Phi) is 5.80. The van der Waals surface area contributed by atoms with E-state index in [-0.39, 0.29) is 0 Å². The van der Waals surface area contributed by atoms with Crippen LogP contribution in [0.25, 0.3) is 0 Å². The van der Waals surface area contributed by atoms with E-state index in [9.17, 15) is 0 Å². The van der Waals surface area contributed by atoms with Gasteiger partial charge in [0, 0.05) is 17.8 Å². The van der Waals surface area contributed by atoms with E-state index in [2.05, 4.69) is 51.8 Å². The Bertz CT molecular complexity index is 351. The predicted molar refractivity (Wildman–Crippen MR) is 81.4 cm³/mol. The monoisotopic (exact) mass is 268 g/mol. The summed E-state index contributed by atoms with van der Waals surface area (Å²) in [5, 5.41) is 4.89. The van der Waals surface area contributed by atoms with Crippen molar-refractivity contribution in [2.24, 2.45) is 11.3 Å². The fourth-order valence-electron chi connectivity index (χ4n) is 1.95. The van der Waals surface area contributed by atoms with Crippen molar-refractivity contribution in [1.29, 1.82) is 0 Å². The molecule has 2 nitrogen and oxygen atoms in total. The number of nitrogens with one attached hydrogen (secondary N) is 1. The molecule has 0 aliphatic heterocycles. The lowest BCUT2D eigenvalue weighted by atomic mass is 9.84. The van der Waals surface area contributed by atoms with Gasteiger partial charge < -0.3 is 5.32 Å². The van der Waals surface area contributed by atoms with Gasteiger partial charge in [-0.15, -0.1) is 11.3 Å². The van der Waals surface area contributed by atoms with Crippen LogP contribution in [-0.4, -0.2) is 18.1 Å². The Hall–Kier alpha value is -0.410. The van der Waals surface area contributed by atoms with Crippen molar-refractivity contribution in [3.05, 3.63) is 15.6 Å². The molecule has 0 saturated heterocycles. The normalized spacial score (nSPS) is 15.1. The minimum atomic E-state index is 0.325. The number of hydrogen-bond acceptors (Lipinski definition) is 3. The van der Waals surface area contributed by atoms with E-state index in [0.29, 0.717) is 5.41 Å². The van der Waals surface area contributed by atoms with Crippen LogP contribution in [0.15, 0.2) is 0 Å². The van der Waals surface area contributed by atoms with Gasteiger partial charge in [-0.25, -0.2) is 4.98 Å². The second-order valence-corrected chi connectivity index (χ2v) is 7.40. The molecule has 0 aliphatic carbocycles. The van der Waals surface area contributed by atoms with Crippen LogP contribution in [0.1, 0.15) is 49.7 Å². The van der Waals surface area contributed by atoms with E-state index >= 15 is 0 Å². The number of nitrogens with zero attached hydrogens (tertiary/aromatic N) is 1. The topological polar surface area (TPSA) is 24.9 Å². The molecule has 0 aromatic carbocycles. The fraction of sp³-hybridized carbons (Fsp3) is 0.800. The predicted octanol–water partition coefficient (Wildman–Crippen LogP) is 3.96. The van der Waals surface area contributed by atoms with Gasteiger partial charge in [-0.2, -0.15) is 0 Å². The quantitative estimate of drug-likeness (QED) is 0.809. The van der Waals surface area contributed by atoms with Crippen LogP contribution in [0.3, 0.4) is 0 Å². The maximum absolute atomic E-state index is 4.68. The summed E-state index contributed by atoms with van der Waals surface area (Å²) in [6.07, 6.45) is 2.28. The van der Waals surface area contributed by atoms with Crippen LogP contribution in [0.5, 0.6) is 0 Å². The van der Waals surface area contributed by atoms with Gasteiger partial charge in [-0.3, -0.25) is 0 Å². The van der Waals surface area contributed by atoms with Crippen molar-refractivity contribution in [1.82, 2.24) is 10.3 Å². The van der Waals surface area contributed by atoms with Crippen molar-refractivity contribution >= 4 is 11.3 Å². The number of rotatable bonds is 7. The molecule has 0 bridgehead atoms. The fourth-order valence-corrected chi connectivity index (χ4v) is 3.10. The minimum Gasteiger partial charge on any atom is -0.316 e. The molecule has 3 heteroatoms. The molecular weight excluding hydrogens is 240 g/mol. The first kappa shape index (κ1) is 15.6. The van der Waals surface area contributed by atoms with E-state index in [4.69, 9.17) is 0 Å². The van der Waals surface area contributed by atoms with Crippen LogP contribution in [0, 0.1) is 25.2 Å². The second-order valence-electron chi connectivity index (χ2n) is 6.11. The van der Waals surface area contributed by atoms with Crippen LogP contribution in [0.2, 0.25) is 0 Å². The molecular formula is C15H28N2S. The molecule has 0 spiro atoms. The summed E-state index contributed by atoms with van der Waals surface area (Å²) >= 11 is 1.86. The minimum absolute atomic E-state index is 0.325. The molecule has 0 saturated carbocycles. The van der Waals surface area contributed by atoms with E-state index in [1.54, 1.807) is 0 Å². The summed E-state index contributed by atoms with van der Waals surface area (Å²) in [7, 11) is 0. The SMILES string of the molecule is CCC(C)(CNCC(C)C)Cc1nc(C)c(C)s1. The first-order valence-electron chi connectivity index (χ1n) is 7.00. The molecule has 1 atom stereocenters. The number of aryl methyl sites for hydroxylation is 2. The highest BCUT2D eigenvalue weighted by atomic mass is 32.1. The third-order valence-electron chi connectivity index (χ3n) is 3.61. The molecule has 0 amide bonds. The standard InChI is InChI=1S/C15H28N2S/c1-7-15(6,10-16-9-11(2)3)8-14-17-12(4)13(5)18-14/h11,16H,7-10H2,1-6H3. The number of thiazole rings is 1. The maximum Gasteiger partial charge on any atom is 0.0936 e. The van der Waals surface area contributed by atoms with Crippen LogP contribution in [-0.2, 0) is 6.42 Å². The van der Waals surface area contributed by atoms with Gasteiger partial charge in [0.2, 0.25) is 0 Å². The van der Waals surface area contributed by atoms with E-state index in [1.165, 1.54) is 22.0 Å². The second kappa shape index (κ2) is 6.67. The van der Waals surface area contributed by atoms with E-state index in [0.717, 1.165) is 25.4 Å². The summed E-state index contributed by atoms with van der Waals surface area (Å²) in [6.45, 7) is 15.6. The maximum atomic E-state index is 4.68. The molecule has 1 heterocycles. The zero-order valence-electron chi connectivity index (χ0n) is 12.8. The summed E-state index contributed by atoms with van der Waals surface area (Å²) in [5.41, 5.74) is 1.52. The lowest BCUT2D eigenvalue weighted by Gasteiger charge is -2.28. The highest BCUT2D eigenvalue weighted by Gasteiger charge is 2.24. The van der Waals surface area contributed by atoms with Gasteiger partial charge in [-0.1, -0.05) is 27.7 Å². The Balaban J connectivity index is 2.58. The first-order chi connectivity index (χ1) is 8.36. The average molecular weight is 268 g/mol. The summed E-state index contributed by atoms with van der Waals surface area (Å²) in [6, 6.07) is 0. The summed E-state index contributed by atoms with van der Waals surface area (Å²) in [4.78, 5) is 6.04. The zero-order chi connectivity index (χ0) is 13.8. The molecule has 1 unspecified atom stereocenters. The van der Waals surface area contributed by atoms with Gasteiger partial charge in [0.1, 0.15) is 0 Å². The smallest absolute Gasteiger partial charge is 0.0936 e. The average Bonchev–Trinajstić information content (AvgIpc) is 2.57. The number of hydrogen-bond donors (Lipinski definition) is 1. The largest absolute Gasteiger partial charge is 0.316 e.